The van der Waals surface area contributed by atoms with E-state index in [0.29, 0.717) is 79.5 Å². The molecule has 12 heteroatoms. The number of rotatable bonds is 5. The van der Waals surface area contributed by atoms with Gasteiger partial charge in [0.15, 0.2) is 0 Å². The third-order valence-electron chi connectivity index (χ3n) is 9.80. The largest absolute Gasteiger partial charge is 0.306 e. The number of hydrogen-bond donors (Lipinski definition) is 4. The molecule has 6 aromatic rings. The van der Waals surface area contributed by atoms with Crippen molar-refractivity contribution in [2.24, 2.45) is 20.0 Å². The van der Waals surface area contributed by atoms with Gasteiger partial charge in [-0.05, 0) is 90.0 Å². The number of carbonyl (C=O) groups excluding carboxylic acids is 4. The van der Waals surface area contributed by atoms with E-state index < -0.39 is 0 Å². The molecule has 4 amide bonds. The molecule has 0 aliphatic carbocycles. The first-order valence-electron chi connectivity index (χ1n) is 17.6. The first-order valence-corrected chi connectivity index (χ1v) is 17.6. The smallest absolute Gasteiger partial charge is 0.257 e. The van der Waals surface area contributed by atoms with Gasteiger partial charge in [0.05, 0.1) is 45.0 Å². The Morgan fingerprint density at radius 2 is 0.625 bits per heavy atom. The summed E-state index contributed by atoms with van der Waals surface area (Å²) in [5.41, 5.74) is 8.85. The maximum Gasteiger partial charge on any atom is 0.257 e. The predicted octanol–water partition coefficient (Wildman–Crippen LogP) is 6.64. The van der Waals surface area contributed by atoms with Gasteiger partial charge < -0.3 is 21.3 Å². The molecule has 0 saturated carbocycles. The van der Waals surface area contributed by atoms with Gasteiger partial charge in [-0.3, -0.25) is 19.2 Å². The van der Waals surface area contributed by atoms with Crippen LogP contribution in [0.3, 0.4) is 0 Å². The number of amidine groups is 4. The van der Waals surface area contributed by atoms with Crippen LogP contribution in [0.1, 0.15) is 63.7 Å². The van der Waals surface area contributed by atoms with Crippen LogP contribution >= 0.6 is 0 Å². The number of nitrogens with zero attached hydrogens (tertiary/aromatic N) is 4. The Balaban J connectivity index is 0.881. The van der Waals surface area contributed by atoms with Crippen LogP contribution < -0.4 is 21.3 Å². The Morgan fingerprint density at radius 1 is 0.286 bits per heavy atom. The molecule has 12 nitrogen and oxygen atoms in total. The Kier molecular flexibility index (Phi) is 7.42. The number of hydrogen-bond acceptors (Lipinski definition) is 8. The molecule has 4 heterocycles. The van der Waals surface area contributed by atoms with Gasteiger partial charge in [-0.1, -0.05) is 54.6 Å². The predicted molar refractivity (Wildman–Crippen MR) is 212 cm³/mol. The molecule has 0 unspecified atom stereocenters. The first-order chi connectivity index (χ1) is 27.3. The highest BCUT2D eigenvalue weighted by Crippen LogP contribution is 2.31. The fourth-order valence-electron chi connectivity index (χ4n) is 7.08. The van der Waals surface area contributed by atoms with Crippen molar-refractivity contribution in [3.05, 3.63) is 178 Å². The van der Waals surface area contributed by atoms with E-state index in [1.165, 1.54) is 0 Å². The van der Waals surface area contributed by atoms with Crippen LogP contribution in [0.25, 0.3) is 11.1 Å². The zero-order chi connectivity index (χ0) is 37.9. The van der Waals surface area contributed by atoms with Crippen LogP contribution in [0.4, 0.5) is 22.7 Å². The van der Waals surface area contributed by atoms with E-state index in [0.717, 1.165) is 22.3 Å². The summed E-state index contributed by atoms with van der Waals surface area (Å²) in [6.07, 6.45) is 0. The monoisotopic (exact) mass is 730 g/mol. The molecule has 4 N–H and O–H groups in total. The second-order valence-corrected chi connectivity index (χ2v) is 13.3. The van der Waals surface area contributed by atoms with Gasteiger partial charge in [-0.15, -0.1) is 0 Å². The van der Waals surface area contributed by atoms with Crippen LogP contribution in [-0.2, 0) is 0 Å². The van der Waals surface area contributed by atoms with E-state index in [9.17, 15) is 19.2 Å². The van der Waals surface area contributed by atoms with Crippen molar-refractivity contribution in [3.63, 3.8) is 0 Å². The fourth-order valence-corrected chi connectivity index (χ4v) is 7.08. The van der Waals surface area contributed by atoms with Gasteiger partial charge in [0.25, 0.3) is 23.6 Å². The number of carbonyl (C=O) groups is 4. The van der Waals surface area contributed by atoms with Crippen molar-refractivity contribution in [3.8, 4) is 11.1 Å². The molecule has 0 atom stereocenters. The average molecular weight is 731 g/mol. The van der Waals surface area contributed by atoms with Crippen molar-refractivity contribution in [2.75, 3.05) is 0 Å². The summed E-state index contributed by atoms with van der Waals surface area (Å²) in [5, 5.41) is 11.4. The number of nitrogens with one attached hydrogen (secondary N) is 4. The Labute approximate surface area is 318 Å². The minimum Gasteiger partial charge on any atom is -0.306 e. The summed E-state index contributed by atoms with van der Waals surface area (Å²) in [6.45, 7) is 0. The molecule has 4 aliphatic rings. The Morgan fingerprint density at radius 3 is 1.04 bits per heavy atom. The highest BCUT2D eigenvalue weighted by molar-refractivity contribution is 6.26. The summed E-state index contributed by atoms with van der Waals surface area (Å²) >= 11 is 0. The van der Waals surface area contributed by atoms with E-state index in [2.05, 4.69) is 31.3 Å². The van der Waals surface area contributed by atoms with Crippen LogP contribution in [0.15, 0.2) is 153 Å². The van der Waals surface area contributed by atoms with Crippen LogP contribution in [0.2, 0.25) is 0 Å². The standard InChI is InChI=1S/C44H26N8O4/c53-41-33-10-3-1-8-29(33)37(49-41)45-25-14-16-26(17-15-25)46-39-31-18-12-23(20-35(31)43(55)51-39)24-13-19-32-36(21-24)44(56)52-40(32)48-28-7-5-6-27(22-28)47-38-30-9-2-4-11-34(30)42(54)50-38/h1-22H,(H,45,49,53)(H,46,51,55)(H,47,50,54)(H,48,52,56). The van der Waals surface area contributed by atoms with Crippen molar-refractivity contribution < 1.29 is 19.2 Å². The normalized spacial score (nSPS) is 17.8. The number of benzene rings is 6. The van der Waals surface area contributed by atoms with Crippen molar-refractivity contribution in [1.82, 2.24) is 21.3 Å². The lowest BCUT2D eigenvalue weighted by atomic mass is 9.97. The number of aliphatic imine (C=N–C) groups is 4. The highest BCUT2D eigenvalue weighted by Gasteiger charge is 2.29. The summed E-state index contributed by atoms with van der Waals surface area (Å²) in [6, 6.07) is 40.0. The maximum atomic E-state index is 13.2. The molecule has 0 spiro atoms. The number of fused-ring (bicyclic) bond motifs is 4. The lowest BCUT2D eigenvalue weighted by Crippen LogP contribution is -2.21. The quantitative estimate of drug-likeness (QED) is 0.156. The van der Waals surface area contributed by atoms with E-state index in [-0.39, 0.29) is 23.6 Å². The molecule has 0 bridgehead atoms. The zero-order valence-corrected chi connectivity index (χ0v) is 29.1. The summed E-state index contributed by atoms with van der Waals surface area (Å²) in [7, 11) is 0. The lowest BCUT2D eigenvalue weighted by molar-refractivity contribution is 0.0974. The van der Waals surface area contributed by atoms with Crippen molar-refractivity contribution in [1.29, 1.82) is 0 Å². The molecule has 0 radical (unpaired) electrons. The third-order valence-corrected chi connectivity index (χ3v) is 9.80. The number of amides is 4. The zero-order valence-electron chi connectivity index (χ0n) is 29.1. The minimum absolute atomic E-state index is 0.182. The minimum atomic E-state index is -0.286. The maximum absolute atomic E-state index is 13.2. The van der Waals surface area contributed by atoms with E-state index in [1.54, 1.807) is 54.6 Å². The Hall–Kier alpha value is -8.12. The van der Waals surface area contributed by atoms with Gasteiger partial charge in [0.2, 0.25) is 0 Å². The molecule has 6 aromatic carbocycles. The summed E-state index contributed by atoms with van der Waals surface area (Å²) in [4.78, 5) is 69.6. The van der Waals surface area contributed by atoms with Gasteiger partial charge in [0.1, 0.15) is 23.3 Å². The van der Waals surface area contributed by atoms with E-state index >= 15 is 0 Å². The van der Waals surface area contributed by atoms with Gasteiger partial charge in [0, 0.05) is 22.3 Å². The second-order valence-electron chi connectivity index (χ2n) is 13.3. The molecular weight excluding hydrogens is 705 g/mol. The van der Waals surface area contributed by atoms with Crippen LogP contribution in [0, 0.1) is 0 Å². The molecule has 4 aliphatic heterocycles. The molecule has 266 valence electrons. The molecule has 0 saturated heterocycles. The second kappa shape index (κ2) is 12.8. The van der Waals surface area contributed by atoms with Crippen molar-refractivity contribution >= 4 is 69.7 Å². The Bertz CT molecular complexity index is 2890. The molecule has 56 heavy (non-hydrogen) atoms. The molecule has 0 aromatic heterocycles. The van der Waals surface area contributed by atoms with E-state index in [1.807, 2.05) is 78.9 Å². The summed E-state index contributed by atoms with van der Waals surface area (Å²) < 4.78 is 0. The van der Waals surface area contributed by atoms with Gasteiger partial charge in [-0.25, -0.2) is 20.0 Å². The summed E-state index contributed by atoms with van der Waals surface area (Å²) in [5.74, 6) is 0.854. The molecule has 0 fully saturated rings. The van der Waals surface area contributed by atoms with Crippen LogP contribution in [0.5, 0.6) is 0 Å². The lowest BCUT2D eigenvalue weighted by Gasteiger charge is -2.06. The topological polar surface area (TPSA) is 166 Å². The van der Waals surface area contributed by atoms with Gasteiger partial charge in [-0.2, -0.15) is 0 Å². The highest BCUT2D eigenvalue weighted by atomic mass is 16.2. The molecule has 10 rings (SSSR count). The van der Waals surface area contributed by atoms with Crippen molar-refractivity contribution in [2.45, 2.75) is 0 Å². The van der Waals surface area contributed by atoms with Gasteiger partial charge >= 0.3 is 0 Å². The SMILES string of the molecule is O=C1NC(=Nc2ccc(N=C3NC(=O)c4cc(-c5ccc6c(c5)C(=O)NC6=Nc5cccc(N=C6NC(=O)c7ccccc76)c5)ccc43)cc2)c2ccccc21. The first kappa shape index (κ1) is 32.5. The fraction of sp³-hybridized carbons (Fsp3) is 0. The average Bonchev–Trinajstić information content (AvgIpc) is 3.92. The molecular formula is C44H26N8O4. The van der Waals surface area contributed by atoms with Crippen LogP contribution in [-0.4, -0.2) is 47.0 Å². The van der Waals surface area contributed by atoms with E-state index in [4.69, 9.17) is 9.98 Å². The third kappa shape index (κ3) is 5.65.